The van der Waals surface area contributed by atoms with Crippen molar-refractivity contribution < 1.29 is 4.39 Å². The van der Waals surface area contributed by atoms with Crippen LogP contribution in [0, 0.1) is 5.82 Å². The van der Waals surface area contributed by atoms with Crippen molar-refractivity contribution in [3.63, 3.8) is 0 Å². The molecule has 0 aromatic carbocycles. The third-order valence-corrected chi connectivity index (χ3v) is 3.57. The molecule has 0 aliphatic carbocycles. The van der Waals surface area contributed by atoms with Crippen molar-refractivity contribution in [1.29, 1.82) is 0 Å². The normalized spacial score (nSPS) is 12.8. The van der Waals surface area contributed by atoms with E-state index in [2.05, 4.69) is 36.0 Å². The minimum Gasteiger partial charge on any atom is -0.309 e. The zero-order valence-electron chi connectivity index (χ0n) is 13.0. The maximum absolute atomic E-state index is 13.0. The molecule has 1 heterocycles. The van der Waals surface area contributed by atoms with Gasteiger partial charge in [-0.3, -0.25) is 4.98 Å². The third kappa shape index (κ3) is 5.97. The van der Waals surface area contributed by atoms with Crippen LogP contribution in [0.15, 0.2) is 18.3 Å². The van der Waals surface area contributed by atoms with Crippen molar-refractivity contribution in [3.8, 4) is 0 Å². The first kappa shape index (κ1) is 17.1. The lowest BCUT2D eigenvalue weighted by Gasteiger charge is -2.24. The number of nitrogens with one attached hydrogen (secondary N) is 1. The van der Waals surface area contributed by atoms with Gasteiger partial charge in [-0.15, -0.1) is 0 Å². The van der Waals surface area contributed by atoms with Crippen molar-refractivity contribution >= 4 is 0 Å². The fourth-order valence-electron chi connectivity index (χ4n) is 2.32. The molecule has 0 saturated carbocycles. The summed E-state index contributed by atoms with van der Waals surface area (Å²) in [6, 6.07) is 3.48. The molecule has 114 valence electrons. The second kappa shape index (κ2) is 9.83. The van der Waals surface area contributed by atoms with E-state index in [9.17, 15) is 4.39 Å². The highest BCUT2D eigenvalue weighted by Gasteiger charge is 2.13. The second-order valence-corrected chi connectivity index (χ2v) is 5.09. The van der Waals surface area contributed by atoms with Gasteiger partial charge in [-0.25, -0.2) is 4.39 Å². The van der Waals surface area contributed by atoms with Crippen molar-refractivity contribution in [3.05, 3.63) is 29.8 Å². The Hall–Kier alpha value is -1.00. The Morgan fingerprint density at radius 1 is 1.25 bits per heavy atom. The fourth-order valence-corrected chi connectivity index (χ4v) is 2.32. The molecule has 1 unspecified atom stereocenters. The standard InChI is InChI=1S/C16H28FN3/c1-4-7-11-20(6-3)12-10-16(18-5-2)15-9-8-14(17)13-19-15/h8-9,13,16,18H,4-7,10-12H2,1-3H3. The van der Waals surface area contributed by atoms with Crippen LogP contribution in [0.1, 0.15) is 51.8 Å². The zero-order chi connectivity index (χ0) is 14.8. The highest BCUT2D eigenvalue weighted by atomic mass is 19.1. The summed E-state index contributed by atoms with van der Waals surface area (Å²) in [5.74, 6) is -0.276. The topological polar surface area (TPSA) is 28.2 Å². The summed E-state index contributed by atoms with van der Waals surface area (Å²) in [7, 11) is 0. The summed E-state index contributed by atoms with van der Waals surface area (Å²) in [5.41, 5.74) is 0.930. The van der Waals surface area contributed by atoms with E-state index in [-0.39, 0.29) is 11.9 Å². The Morgan fingerprint density at radius 2 is 2.05 bits per heavy atom. The monoisotopic (exact) mass is 281 g/mol. The Balaban J connectivity index is 2.55. The lowest BCUT2D eigenvalue weighted by molar-refractivity contribution is 0.264. The SMILES string of the molecule is CCCCN(CC)CCC(NCC)c1ccc(F)cn1. The van der Waals surface area contributed by atoms with Crippen molar-refractivity contribution in [2.24, 2.45) is 0 Å². The quantitative estimate of drug-likeness (QED) is 0.712. The van der Waals surface area contributed by atoms with E-state index in [1.54, 1.807) is 6.07 Å². The molecule has 0 fully saturated rings. The summed E-state index contributed by atoms with van der Waals surface area (Å²) < 4.78 is 13.0. The maximum Gasteiger partial charge on any atom is 0.141 e. The number of halogens is 1. The molecule has 0 radical (unpaired) electrons. The van der Waals surface area contributed by atoms with Crippen LogP contribution >= 0.6 is 0 Å². The van der Waals surface area contributed by atoms with Crippen molar-refractivity contribution in [2.45, 2.75) is 46.1 Å². The van der Waals surface area contributed by atoms with Crippen LogP contribution in [0.4, 0.5) is 4.39 Å². The predicted octanol–water partition coefficient (Wildman–Crippen LogP) is 3.38. The Labute approximate surface area is 122 Å². The molecule has 1 rings (SSSR count). The van der Waals surface area contributed by atoms with E-state index >= 15 is 0 Å². The van der Waals surface area contributed by atoms with Crippen LogP contribution in [-0.2, 0) is 0 Å². The Morgan fingerprint density at radius 3 is 2.60 bits per heavy atom. The number of hydrogen-bond donors (Lipinski definition) is 1. The number of hydrogen-bond acceptors (Lipinski definition) is 3. The van der Waals surface area contributed by atoms with E-state index < -0.39 is 0 Å². The molecule has 0 aliphatic rings. The average Bonchev–Trinajstić information content (AvgIpc) is 2.47. The largest absolute Gasteiger partial charge is 0.309 e. The molecule has 1 aromatic heterocycles. The number of pyridine rings is 1. The van der Waals surface area contributed by atoms with Crippen molar-refractivity contribution in [2.75, 3.05) is 26.2 Å². The lowest BCUT2D eigenvalue weighted by Crippen LogP contribution is -2.30. The van der Waals surface area contributed by atoms with Gasteiger partial charge < -0.3 is 10.2 Å². The molecule has 0 saturated heterocycles. The van der Waals surface area contributed by atoms with Gasteiger partial charge in [0.2, 0.25) is 0 Å². The summed E-state index contributed by atoms with van der Waals surface area (Å²) in [6.07, 6.45) is 4.78. The molecule has 3 nitrogen and oxygen atoms in total. The van der Waals surface area contributed by atoms with Crippen LogP contribution in [0.2, 0.25) is 0 Å². The maximum atomic E-state index is 13.0. The minimum atomic E-state index is -0.276. The highest BCUT2D eigenvalue weighted by Crippen LogP contribution is 2.15. The molecule has 1 atom stereocenters. The van der Waals surface area contributed by atoms with Gasteiger partial charge in [-0.05, 0) is 51.2 Å². The lowest BCUT2D eigenvalue weighted by atomic mass is 10.1. The molecular formula is C16H28FN3. The molecule has 0 amide bonds. The average molecular weight is 281 g/mol. The molecule has 1 N–H and O–H groups in total. The number of aromatic nitrogens is 1. The van der Waals surface area contributed by atoms with Crippen LogP contribution in [0.3, 0.4) is 0 Å². The van der Waals surface area contributed by atoms with E-state index in [4.69, 9.17) is 0 Å². The van der Waals surface area contributed by atoms with Gasteiger partial charge in [0, 0.05) is 0 Å². The van der Waals surface area contributed by atoms with Gasteiger partial charge in [0.1, 0.15) is 5.82 Å². The number of rotatable bonds is 10. The van der Waals surface area contributed by atoms with Gasteiger partial charge >= 0.3 is 0 Å². The first-order valence-corrected chi connectivity index (χ1v) is 7.78. The van der Waals surface area contributed by atoms with Crippen molar-refractivity contribution in [1.82, 2.24) is 15.2 Å². The summed E-state index contributed by atoms with van der Waals surface area (Å²) in [6.45, 7) is 10.7. The second-order valence-electron chi connectivity index (χ2n) is 5.09. The Bertz CT molecular complexity index is 353. The zero-order valence-corrected chi connectivity index (χ0v) is 13.0. The third-order valence-electron chi connectivity index (χ3n) is 3.57. The summed E-state index contributed by atoms with van der Waals surface area (Å²) in [5, 5.41) is 3.44. The first-order valence-electron chi connectivity index (χ1n) is 7.78. The number of nitrogens with zero attached hydrogens (tertiary/aromatic N) is 2. The first-order chi connectivity index (χ1) is 9.71. The Kier molecular flexibility index (Phi) is 8.38. The van der Waals surface area contributed by atoms with Gasteiger partial charge in [-0.1, -0.05) is 27.2 Å². The molecular weight excluding hydrogens is 253 g/mol. The van der Waals surface area contributed by atoms with Crippen LogP contribution in [0.25, 0.3) is 0 Å². The fraction of sp³-hybridized carbons (Fsp3) is 0.688. The van der Waals surface area contributed by atoms with E-state index in [1.807, 2.05) is 0 Å². The number of unbranched alkanes of at least 4 members (excludes halogenated alkanes) is 1. The predicted molar refractivity (Wildman–Crippen MR) is 82.3 cm³/mol. The molecule has 4 heteroatoms. The van der Waals surface area contributed by atoms with Gasteiger partial charge in [0.25, 0.3) is 0 Å². The molecule has 0 spiro atoms. The minimum absolute atomic E-state index is 0.205. The van der Waals surface area contributed by atoms with E-state index in [1.165, 1.54) is 25.1 Å². The molecule has 20 heavy (non-hydrogen) atoms. The van der Waals surface area contributed by atoms with Gasteiger partial charge in [0.15, 0.2) is 0 Å². The molecule has 0 aliphatic heterocycles. The summed E-state index contributed by atoms with van der Waals surface area (Å²) >= 11 is 0. The van der Waals surface area contributed by atoms with E-state index in [0.717, 1.165) is 38.3 Å². The highest BCUT2D eigenvalue weighted by molar-refractivity contribution is 5.09. The summed E-state index contributed by atoms with van der Waals surface area (Å²) in [4.78, 5) is 6.68. The van der Waals surface area contributed by atoms with E-state index in [0.29, 0.717) is 0 Å². The van der Waals surface area contributed by atoms with Gasteiger partial charge in [-0.2, -0.15) is 0 Å². The van der Waals surface area contributed by atoms with Gasteiger partial charge in [0.05, 0.1) is 17.9 Å². The molecule has 0 bridgehead atoms. The smallest absolute Gasteiger partial charge is 0.141 e. The molecule has 1 aromatic rings. The van der Waals surface area contributed by atoms with Crippen LogP contribution < -0.4 is 5.32 Å². The van der Waals surface area contributed by atoms with Crippen LogP contribution in [-0.4, -0.2) is 36.1 Å². The van der Waals surface area contributed by atoms with Crippen LogP contribution in [0.5, 0.6) is 0 Å².